The van der Waals surface area contributed by atoms with E-state index >= 15 is 0 Å². The lowest BCUT2D eigenvalue weighted by Gasteiger charge is -1.98. The molecule has 0 saturated heterocycles. The van der Waals surface area contributed by atoms with Crippen LogP contribution in [-0.2, 0) is 0 Å². The van der Waals surface area contributed by atoms with Gasteiger partial charge in [-0.25, -0.2) is 10.4 Å². The summed E-state index contributed by atoms with van der Waals surface area (Å²) in [5, 5.41) is 3.82. The number of H-pyrrole nitrogens is 1. The number of aromatic nitrogens is 2. The van der Waals surface area contributed by atoms with Crippen molar-refractivity contribution in [2.45, 2.75) is 13.8 Å². The summed E-state index contributed by atoms with van der Waals surface area (Å²) in [6.07, 6.45) is 5.18. The van der Waals surface area contributed by atoms with Gasteiger partial charge < -0.3 is 0 Å². The van der Waals surface area contributed by atoms with E-state index in [1.54, 1.807) is 19.2 Å². The van der Waals surface area contributed by atoms with Crippen LogP contribution in [0, 0.1) is 6.92 Å². The number of hydrazone groups is 1. The van der Waals surface area contributed by atoms with E-state index < -0.39 is 0 Å². The molecule has 5 nitrogen and oxygen atoms in total. The van der Waals surface area contributed by atoms with E-state index in [1.165, 1.54) is 6.07 Å². The molecule has 5 heteroatoms. The molecule has 14 heavy (non-hydrogen) atoms. The van der Waals surface area contributed by atoms with Crippen LogP contribution in [0.25, 0.3) is 0 Å². The van der Waals surface area contributed by atoms with Crippen LogP contribution in [0.3, 0.4) is 0 Å². The molecule has 0 fully saturated rings. The summed E-state index contributed by atoms with van der Waals surface area (Å²) in [5.41, 5.74) is 3.07. The van der Waals surface area contributed by atoms with Gasteiger partial charge in [-0.15, -0.1) is 0 Å². The van der Waals surface area contributed by atoms with Gasteiger partial charge in [0.05, 0.1) is 0 Å². The topological polar surface area (TPSA) is 70.1 Å². The minimum atomic E-state index is -0.193. The summed E-state index contributed by atoms with van der Waals surface area (Å²) in [4.78, 5) is 17.5. The molecule has 0 radical (unpaired) electrons. The monoisotopic (exact) mass is 192 g/mol. The molecule has 0 saturated carbocycles. The first-order chi connectivity index (χ1) is 6.72. The van der Waals surface area contributed by atoms with Crippen molar-refractivity contribution >= 4 is 12.2 Å². The number of anilines is 1. The predicted molar refractivity (Wildman–Crippen MR) is 56.5 cm³/mol. The second-order valence-electron chi connectivity index (χ2n) is 2.65. The van der Waals surface area contributed by atoms with Crippen molar-refractivity contribution in [3.8, 4) is 0 Å². The quantitative estimate of drug-likeness (QED) is 0.555. The second-order valence-corrected chi connectivity index (χ2v) is 2.65. The van der Waals surface area contributed by atoms with Crippen LogP contribution >= 0.6 is 0 Å². The van der Waals surface area contributed by atoms with Gasteiger partial charge in [-0.2, -0.15) is 5.10 Å². The van der Waals surface area contributed by atoms with E-state index in [9.17, 15) is 4.79 Å². The molecule has 0 unspecified atom stereocenters. The first-order valence-corrected chi connectivity index (χ1v) is 4.20. The fourth-order valence-corrected chi connectivity index (χ4v) is 0.860. The summed E-state index contributed by atoms with van der Waals surface area (Å²) in [6.45, 7) is 3.63. The smallest absolute Gasteiger partial charge is 0.252 e. The van der Waals surface area contributed by atoms with E-state index in [2.05, 4.69) is 20.5 Å². The average molecular weight is 192 g/mol. The van der Waals surface area contributed by atoms with Crippen LogP contribution in [0.4, 0.5) is 5.95 Å². The van der Waals surface area contributed by atoms with E-state index in [-0.39, 0.29) is 5.56 Å². The molecular weight excluding hydrogens is 180 g/mol. The molecule has 1 heterocycles. The van der Waals surface area contributed by atoms with Crippen LogP contribution in [0.15, 0.2) is 28.1 Å². The van der Waals surface area contributed by atoms with Crippen molar-refractivity contribution in [3.05, 3.63) is 34.3 Å². The molecule has 2 N–H and O–H groups in total. The standard InChI is InChI=1S/C9H12N4O/c1-3-4-5-10-13-9-11-7(2)6-8(14)12-9/h3-6H,1-2H3,(H2,11,12,13,14)/b4-3+,10-5+. The average Bonchev–Trinajstić information content (AvgIpc) is 2.11. The molecule has 0 bridgehead atoms. The zero-order chi connectivity index (χ0) is 10.4. The molecule has 0 aliphatic rings. The van der Waals surface area contributed by atoms with Gasteiger partial charge in [-0.1, -0.05) is 6.08 Å². The Morgan fingerprint density at radius 3 is 3.07 bits per heavy atom. The zero-order valence-corrected chi connectivity index (χ0v) is 8.11. The molecule has 0 aromatic carbocycles. The molecule has 0 amide bonds. The predicted octanol–water partition coefficient (Wildman–Crippen LogP) is 1.05. The van der Waals surface area contributed by atoms with Crippen molar-refractivity contribution in [2.75, 3.05) is 5.43 Å². The third-order valence-electron chi connectivity index (χ3n) is 1.39. The van der Waals surface area contributed by atoms with Gasteiger partial charge in [-0.05, 0) is 19.9 Å². The van der Waals surface area contributed by atoms with Crippen LogP contribution < -0.4 is 11.0 Å². The van der Waals surface area contributed by atoms with E-state index in [4.69, 9.17) is 0 Å². The van der Waals surface area contributed by atoms with Gasteiger partial charge in [0.1, 0.15) is 0 Å². The molecule has 1 rings (SSSR count). The van der Waals surface area contributed by atoms with Crippen molar-refractivity contribution in [1.82, 2.24) is 9.97 Å². The van der Waals surface area contributed by atoms with Crippen molar-refractivity contribution in [2.24, 2.45) is 5.10 Å². The Hall–Kier alpha value is -1.91. The number of nitrogens with one attached hydrogen (secondary N) is 2. The van der Waals surface area contributed by atoms with Gasteiger partial charge >= 0.3 is 0 Å². The number of aryl methyl sites for hydroxylation is 1. The Labute approximate surface area is 81.6 Å². The fraction of sp³-hybridized carbons (Fsp3) is 0.222. The highest BCUT2D eigenvalue weighted by Gasteiger charge is 1.94. The Bertz CT molecular complexity index is 406. The highest BCUT2D eigenvalue weighted by Crippen LogP contribution is 1.94. The summed E-state index contributed by atoms with van der Waals surface area (Å²) in [7, 11) is 0. The maximum atomic E-state index is 11.0. The van der Waals surface area contributed by atoms with Gasteiger partial charge in [0.2, 0.25) is 5.95 Å². The van der Waals surface area contributed by atoms with Gasteiger partial charge in [0, 0.05) is 18.0 Å². The third kappa shape index (κ3) is 3.22. The van der Waals surface area contributed by atoms with Crippen molar-refractivity contribution < 1.29 is 0 Å². The Balaban J connectivity index is 2.72. The maximum absolute atomic E-state index is 11.0. The molecule has 0 aliphatic heterocycles. The number of hydrogen-bond acceptors (Lipinski definition) is 4. The van der Waals surface area contributed by atoms with Crippen LogP contribution in [-0.4, -0.2) is 16.2 Å². The van der Waals surface area contributed by atoms with E-state index in [0.29, 0.717) is 11.6 Å². The minimum Gasteiger partial charge on any atom is -0.291 e. The number of nitrogens with zero attached hydrogens (tertiary/aromatic N) is 2. The van der Waals surface area contributed by atoms with Crippen molar-refractivity contribution in [1.29, 1.82) is 0 Å². The van der Waals surface area contributed by atoms with Gasteiger partial charge in [0.15, 0.2) is 0 Å². The molecule has 1 aromatic rings. The lowest BCUT2D eigenvalue weighted by Crippen LogP contribution is -2.10. The Morgan fingerprint density at radius 1 is 1.64 bits per heavy atom. The summed E-state index contributed by atoms with van der Waals surface area (Å²) >= 11 is 0. The lowest BCUT2D eigenvalue weighted by molar-refractivity contribution is 1.04. The number of hydrogen-bond donors (Lipinski definition) is 2. The zero-order valence-electron chi connectivity index (χ0n) is 8.11. The highest BCUT2D eigenvalue weighted by molar-refractivity contribution is 5.71. The van der Waals surface area contributed by atoms with Crippen molar-refractivity contribution in [3.63, 3.8) is 0 Å². The molecule has 74 valence electrons. The molecular formula is C9H12N4O. The third-order valence-corrected chi connectivity index (χ3v) is 1.39. The summed E-state index contributed by atoms with van der Waals surface area (Å²) in [5.74, 6) is 0.343. The maximum Gasteiger partial charge on any atom is 0.252 e. The normalized spacial score (nSPS) is 11.3. The molecule has 1 aromatic heterocycles. The lowest BCUT2D eigenvalue weighted by atomic mass is 10.5. The summed E-state index contributed by atoms with van der Waals surface area (Å²) in [6, 6.07) is 1.42. The molecule has 0 spiro atoms. The number of aromatic amines is 1. The Morgan fingerprint density at radius 2 is 2.43 bits per heavy atom. The first kappa shape index (κ1) is 10.2. The van der Waals surface area contributed by atoms with Crippen LogP contribution in [0.2, 0.25) is 0 Å². The molecule has 0 atom stereocenters. The second kappa shape index (κ2) is 4.96. The minimum absolute atomic E-state index is 0.193. The van der Waals surface area contributed by atoms with E-state index in [1.807, 2.05) is 13.0 Å². The molecule has 0 aliphatic carbocycles. The SMILES string of the molecule is C/C=C/C=N/Nc1nc(C)cc(=O)[nH]1. The highest BCUT2D eigenvalue weighted by atomic mass is 16.1. The van der Waals surface area contributed by atoms with Gasteiger partial charge in [-0.3, -0.25) is 9.78 Å². The first-order valence-electron chi connectivity index (χ1n) is 4.20. The summed E-state index contributed by atoms with van der Waals surface area (Å²) < 4.78 is 0. The fourth-order valence-electron chi connectivity index (χ4n) is 0.860. The van der Waals surface area contributed by atoms with Crippen LogP contribution in [0.1, 0.15) is 12.6 Å². The van der Waals surface area contributed by atoms with Gasteiger partial charge in [0.25, 0.3) is 5.56 Å². The number of allylic oxidation sites excluding steroid dienone is 2. The largest absolute Gasteiger partial charge is 0.291 e. The van der Waals surface area contributed by atoms with E-state index in [0.717, 1.165) is 0 Å². The number of rotatable bonds is 3. The van der Waals surface area contributed by atoms with Crippen LogP contribution in [0.5, 0.6) is 0 Å². The Kier molecular flexibility index (Phi) is 3.60.